The largest absolute Gasteiger partial charge is 0.456 e. The molecule has 0 N–H and O–H groups in total. The topological polar surface area (TPSA) is 42.2 Å². The van der Waals surface area contributed by atoms with Crippen LogP contribution in [0.2, 0.25) is 0 Å². The Balaban J connectivity index is 1.29. The second kappa shape index (κ2) is 12.8. The summed E-state index contributed by atoms with van der Waals surface area (Å²) in [6, 6.07) is -2.10. The molecule has 4 nitrogen and oxygen atoms in total. The Hall–Kier alpha value is -7.08. The van der Waals surface area contributed by atoms with Crippen LogP contribution in [-0.2, 0) is 0 Å². The molecular weight excluding hydrogens is 691 g/mol. The van der Waals surface area contributed by atoms with Crippen LogP contribution in [-0.4, -0.2) is 9.97 Å². The SMILES string of the molecule is [2H]c1c([2H])c([2H])c(-c2c([2H])c([2H])c(N(c3c([2H])c([2H])c4c(oc5c([2H])c([2H])c([2H])c(-c6nc(-c7ccccc7)c7ccccc7n6)c54)c3[2H])c3c([2H])c([2H])c4c(sc5c([2H])c([2H])c([2H])c([2H])c54)c3[2H])c([2H])c2[2H])c([2H])c1[2H]. The van der Waals surface area contributed by atoms with Gasteiger partial charge in [-0.2, -0.15) is 0 Å². The van der Waals surface area contributed by atoms with Crippen LogP contribution in [0.4, 0.5) is 17.1 Å². The van der Waals surface area contributed by atoms with E-state index in [1.54, 1.807) is 54.6 Å². The highest BCUT2D eigenvalue weighted by molar-refractivity contribution is 7.25. The van der Waals surface area contributed by atoms with Gasteiger partial charge in [-0.3, -0.25) is 0 Å². The van der Waals surface area contributed by atoms with E-state index in [0.29, 0.717) is 38.4 Å². The Morgan fingerprint density at radius 1 is 0.491 bits per heavy atom. The molecule has 0 spiro atoms. The normalized spacial score (nSPS) is 17.2. The summed E-state index contributed by atoms with van der Waals surface area (Å²) < 4.78 is 205. The van der Waals surface area contributed by atoms with Gasteiger partial charge in [0.15, 0.2) is 5.82 Å². The van der Waals surface area contributed by atoms with Gasteiger partial charge in [-0.1, -0.05) is 127 Å². The molecule has 5 heteroatoms. The molecule has 11 aromatic rings. The molecule has 0 unspecified atom stereocenters. The lowest BCUT2D eigenvalue weighted by molar-refractivity contribution is 0.669. The fourth-order valence-electron chi connectivity index (χ4n) is 6.38. The Morgan fingerprint density at radius 3 is 2.07 bits per heavy atom. The summed E-state index contributed by atoms with van der Waals surface area (Å²) in [6.45, 7) is 0. The number of aromatic nitrogens is 2. The zero-order valence-electron chi connectivity index (χ0n) is 49.9. The van der Waals surface area contributed by atoms with Crippen molar-refractivity contribution in [1.29, 1.82) is 0 Å². The number of thiophene rings is 1. The monoisotopic (exact) mass is 743 g/mol. The third kappa shape index (κ3) is 5.36. The lowest BCUT2D eigenvalue weighted by Gasteiger charge is -2.26. The van der Waals surface area contributed by atoms with E-state index in [-0.39, 0.29) is 42.3 Å². The average Bonchev–Trinajstić information content (AvgIpc) is 4.10. The summed E-state index contributed by atoms with van der Waals surface area (Å²) >= 11 is 0.633. The van der Waals surface area contributed by atoms with Gasteiger partial charge in [0.25, 0.3) is 0 Å². The third-order valence-electron chi connectivity index (χ3n) is 8.84. The predicted octanol–water partition coefficient (Wildman–Crippen LogP) is 14.4. The van der Waals surface area contributed by atoms with Gasteiger partial charge >= 0.3 is 0 Å². The first-order valence-corrected chi connectivity index (χ1v) is 17.4. The van der Waals surface area contributed by atoms with E-state index >= 15 is 0 Å². The van der Waals surface area contributed by atoms with Crippen molar-refractivity contribution in [3.8, 4) is 33.8 Å². The molecule has 0 atom stereocenters. The molecule has 0 bridgehead atoms. The Morgan fingerprint density at radius 2 is 1.20 bits per heavy atom. The van der Waals surface area contributed by atoms with Gasteiger partial charge in [0, 0.05) is 70.6 Å². The van der Waals surface area contributed by atoms with E-state index in [2.05, 4.69) is 0 Å². The van der Waals surface area contributed by atoms with Gasteiger partial charge in [0.2, 0.25) is 0 Å². The number of nitrogens with zero attached hydrogens (tertiary/aromatic N) is 3. The molecule has 0 saturated carbocycles. The Kier molecular flexibility index (Phi) is 3.84. The van der Waals surface area contributed by atoms with Gasteiger partial charge in [0.1, 0.15) is 11.2 Å². The van der Waals surface area contributed by atoms with Crippen LogP contribution in [0.15, 0.2) is 192 Å². The highest BCUT2D eigenvalue weighted by Gasteiger charge is 2.20. The molecule has 3 heterocycles. The van der Waals surface area contributed by atoms with E-state index in [0.717, 1.165) is 0 Å². The van der Waals surface area contributed by atoms with Crippen molar-refractivity contribution < 1.29 is 34.6 Å². The number of para-hydroxylation sites is 1. The first kappa shape index (κ1) is 16.5. The zero-order chi connectivity index (χ0) is 55.4. The number of anilines is 3. The van der Waals surface area contributed by atoms with Gasteiger partial charge in [-0.15, -0.1) is 11.3 Å². The van der Waals surface area contributed by atoms with E-state index in [1.807, 2.05) is 0 Å². The number of hydrogen-bond acceptors (Lipinski definition) is 5. The van der Waals surface area contributed by atoms with Crippen LogP contribution in [0.3, 0.4) is 0 Å². The number of hydrogen-bond donors (Lipinski definition) is 0. The second-order valence-electron chi connectivity index (χ2n) is 12.1. The maximum Gasteiger partial charge on any atom is 0.161 e. The summed E-state index contributed by atoms with van der Waals surface area (Å²) in [5.74, 6) is -0.154. The molecule has 0 saturated heterocycles. The Labute approximate surface area is 352 Å². The van der Waals surface area contributed by atoms with Crippen molar-refractivity contribution in [3.05, 3.63) is 188 Å². The molecule has 11 rings (SSSR count). The van der Waals surface area contributed by atoms with Crippen LogP contribution >= 0.6 is 11.3 Å². The minimum absolute atomic E-state index is 0.112. The quantitative estimate of drug-likeness (QED) is 0.170. The predicted molar refractivity (Wildman–Crippen MR) is 231 cm³/mol. The number of furan rings is 1. The maximum atomic E-state index is 9.94. The Bertz CT molecular complexity index is 4450. The summed E-state index contributed by atoms with van der Waals surface area (Å²) in [7, 11) is 0. The summed E-state index contributed by atoms with van der Waals surface area (Å²) in [5.41, 5.74) is -3.89. The fraction of sp³-hybridized carbons (Fsp3) is 0. The first-order valence-electron chi connectivity index (χ1n) is 27.6. The van der Waals surface area contributed by atoms with Gasteiger partial charge in [0.05, 0.1) is 41.4 Å². The molecule has 258 valence electrons. The van der Waals surface area contributed by atoms with E-state index in [4.69, 9.17) is 29.5 Å². The minimum Gasteiger partial charge on any atom is -0.456 e. The highest BCUT2D eigenvalue weighted by Crippen LogP contribution is 2.44. The van der Waals surface area contributed by atoms with Crippen LogP contribution < -0.4 is 4.90 Å². The van der Waals surface area contributed by atoms with Gasteiger partial charge in [-0.25, -0.2) is 9.97 Å². The molecule has 0 aliphatic carbocycles. The zero-order valence-corrected chi connectivity index (χ0v) is 28.7. The van der Waals surface area contributed by atoms with Gasteiger partial charge in [-0.05, 0) is 65.5 Å². The van der Waals surface area contributed by atoms with Crippen molar-refractivity contribution in [2.24, 2.45) is 0 Å². The second-order valence-corrected chi connectivity index (χ2v) is 13.1. The van der Waals surface area contributed by atoms with Gasteiger partial charge < -0.3 is 9.32 Å². The molecule has 0 aliphatic heterocycles. The minimum atomic E-state index is -1.08. The lowest BCUT2D eigenvalue weighted by Crippen LogP contribution is -2.09. The molecule has 0 fully saturated rings. The van der Waals surface area contributed by atoms with Crippen LogP contribution in [0, 0.1) is 0 Å². The molecule has 0 amide bonds. The summed E-state index contributed by atoms with van der Waals surface area (Å²) in [5, 5.41) is -0.448. The number of fused-ring (bicyclic) bond motifs is 7. The van der Waals surface area contributed by atoms with E-state index < -0.39 is 172 Å². The van der Waals surface area contributed by atoms with E-state index in [9.17, 15) is 15.1 Å². The highest BCUT2D eigenvalue weighted by atomic mass is 32.1. The lowest BCUT2D eigenvalue weighted by atomic mass is 10.0. The molecule has 0 aliphatic rings. The number of rotatable bonds is 6. The van der Waals surface area contributed by atoms with Crippen molar-refractivity contribution >= 4 is 81.4 Å². The number of benzene rings is 8. The van der Waals surface area contributed by atoms with E-state index in [1.165, 1.54) is 0 Å². The first-order chi connectivity index (χ1) is 36.4. The van der Waals surface area contributed by atoms with Crippen molar-refractivity contribution in [1.82, 2.24) is 9.97 Å². The van der Waals surface area contributed by atoms with Crippen molar-refractivity contribution in [3.63, 3.8) is 0 Å². The average molecular weight is 744 g/mol. The maximum absolute atomic E-state index is 9.94. The van der Waals surface area contributed by atoms with Crippen LogP contribution in [0.25, 0.3) is 86.8 Å². The molecule has 8 aromatic carbocycles. The summed E-state index contributed by atoms with van der Waals surface area (Å²) in [6.07, 6.45) is 0. The fourth-order valence-corrected chi connectivity index (χ4v) is 7.34. The van der Waals surface area contributed by atoms with Crippen LogP contribution in [0.1, 0.15) is 30.2 Å². The van der Waals surface area contributed by atoms with Crippen molar-refractivity contribution in [2.45, 2.75) is 0 Å². The standard InChI is InChI=1S/C50H31N3OS/c1-3-12-32(13-4-1)33-22-24-35(25-23-33)53(37-26-28-39-38-16-8-10-21-46(38)55-47(39)31-37)36-27-29-41-45(30-36)54-44-20-11-18-42(48(41)44)50-51-43-19-9-7-17-40(43)49(52-50)34-14-5-2-6-15-34/h1-31H/i1D,3D,4D,8D,10D,11D,12D,13D,16D,18D,20D,21D,22D,23D,24D,25D,26D,27D,28D,29D,30D,31D. The molecule has 55 heavy (non-hydrogen) atoms. The smallest absolute Gasteiger partial charge is 0.161 e. The van der Waals surface area contributed by atoms with Crippen LogP contribution in [0.5, 0.6) is 0 Å². The molecule has 3 aromatic heterocycles. The molecular formula is C50H31N3OS. The summed E-state index contributed by atoms with van der Waals surface area (Å²) in [4.78, 5) is 10.2. The molecule has 0 radical (unpaired) electrons. The van der Waals surface area contributed by atoms with Crippen molar-refractivity contribution in [2.75, 3.05) is 4.90 Å². The third-order valence-corrected chi connectivity index (χ3v) is 9.86.